The van der Waals surface area contributed by atoms with E-state index in [1.54, 1.807) is 7.05 Å². The van der Waals surface area contributed by atoms with Gasteiger partial charge in [0.05, 0.1) is 6.04 Å². The Morgan fingerprint density at radius 1 is 1.16 bits per heavy atom. The molecule has 1 aromatic carbocycles. The fourth-order valence-corrected chi connectivity index (χ4v) is 2.60. The number of aryl methyl sites for hydroxylation is 1. The average Bonchev–Trinajstić information content (AvgIpc) is 3.24. The number of carbonyl (C=O) groups is 2. The summed E-state index contributed by atoms with van der Waals surface area (Å²) in [5.74, 6) is -1.69. The Balaban J connectivity index is 1.75. The van der Waals surface area contributed by atoms with Gasteiger partial charge in [-0.15, -0.1) is 0 Å². The van der Waals surface area contributed by atoms with Gasteiger partial charge in [-0.1, -0.05) is 12.1 Å². The zero-order valence-electron chi connectivity index (χ0n) is 13.9. The Kier molecular flexibility index (Phi) is 4.38. The van der Waals surface area contributed by atoms with Gasteiger partial charge in [-0.05, 0) is 36.8 Å². The fraction of sp³-hybridized carbons (Fsp3) is 0.167. The number of carboxylic acid groups (broad SMARTS) is 1. The molecule has 0 saturated heterocycles. The summed E-state index contributed by atoms with van der Waals surface area (Å²) in [5, 5.41) is 15.9. The number of nitrogens with one attached hydrogen (secondary N) is 1. The Morgan fingerprint density at radius 2 is 1.80 bits per heavy atom. The third-order valence-corrected chi connectivity index (χ3v) is 3.92. The summed E-state index contributed by atoms with van der Waals surface area (Å²) < 4.78 is 3.30. The summed E-state index contributed by atoms with van der Waals surface area (Å²) in [6.45, 7) is 1.84. The van der Waals surface area contributed by atoms with Gasteiger partial charge in [-0.2, -0.15) is 5.10 Å². The van der Waals surface area contributed by atoms with Gasteiger partial charge in [-0.3, -0.25) is 9.48 Å². The molecule has 2 aromatic heterocycles. The number of rotatable bonds is 5. The molecule has 1 amide bonds. The van der Waals surface area contributed by atoms with Gasteiger partial charge in [0.25, 0.3) is 5.91 Å². The first-order valence-electron chi connectivity index (χ1n) is 7.77. The number of carboxylic acids is 1. The van der Waals surface area contributed by atoms with E-state index in [9.17, 15) is 9.59 Å². The van der Waals surface area contributed by atoms with Crippen molar-refractivity contribution >= 4 is 11.9 Å². The largest absolute Gasteiger partial charge is 0.478 e. The first-order valence-corrected chi connectivity index (χ1v) is 7.77. The maximum Gasteiger partial charge on any atom is 0.339 e. The zero-order valence-corrected chi connectivity index (χ0v) is 13.9. The highest BCUT2D eigenvalue weighted by atomic mass is 16.4. The minimum absolute atomic E-state index is 0.0918. The van der Waals surface area contributed by atoms with Gasteiger partial charge in [0.15, 0.2) is 5.69 Å². The van der Waals surface area contributed by atoms with E-state index in [0.717, 1.165) is 11.3 Å². The van der Waals surface area contributed by atoms with Crippen molar-refractivity contribution in [1.29, 1.82) is 0 Å². The van der Waals surface area contributed by atoms with Gasteiger partial charge in [0.2, 0.25) is 0 Å². The third-order valence-electron chi connectivity index (χ3n) is 3.92. The number of aromatic nitrogens is 3. The third kappa shape index (κ3) is 3.45. The molecule has 25 heavy (non-hydrogen) atoms. The van der Waals surface area contributed by atoms with Crippen molar-refractivity contribution in [1.82, 2.24) is 19.7 Å². The van der Waals surface area contributed by atoms with Gasteiger partial charge >= 0.3 is 5.97 Å². The van der Waals surface area contributed by atoms with E-state index in [1.165, 1.54) is 10.9 Å². The molecule has 128 valence electrons. The lowest BCUT2D eigenvalue weighted by molar-refractivity contribution is 0.0690. The van der Waals surface area contributed by atoms with E-state index in [0.29, 0.717) is 0 Å². The van der Waals surface area contributed by atoms with E-state index in [1.807, 2.05) is 60.3 Å². The van der Waals surface area contributed by atoms with E-state index in [-0.39, 0.29) is 17.3 Å². The summed E-state index contributed by atoms with van der Waals surface area (Å²) in [6, 6.07) is 11.4. The quantitative estimate of drug-likeness (QED) is 0.747. The predicted molar refractivity (Wildman–Crippen MR) is 91.8 cm³/mol. The lowest BCUT2D eigenvalue weighted by Crippen LogP contribution is -2.28. The molecule has 7 nitrogen and oxygen atoms in total. The number of hydrogen-bond acceptors (Lipinski definition) is 3. The van der Waals surface area contributed by atoms with Crippen molar-refractivity contribution in [2.45, 2.75) is 13.0 Å². The summed E-state index contributed by atoms with van der Waals surface area (Å²) in [4.78, 5) is 23.6. The maximum atomic E-state index is 12.4. The lowest BCUT2D eigenvalue weighted by Gasteiger charge is -2.14. The lowest BCUT2D eigenvalue weighted by atomic mass is 10.1. The number of nitrogens with zero attached hydrogens (tertiary/aromatic N) is 3. The molecule has 0 spiro atoms. The SMILES string of the molecule is CC(NC(=O)c1nn(C)cc1C(=O)O)c1ccc(-n2cccc2)cc1. The summed E-state index contributed by atoms with van der Waals surface area (Å²) in [5.41, 5.74) is 1.73. The molecule has 0 aliphatic rings. The number of amides is 1. The van der Waals surface area contributed by atoms with Crippen LogP contribution in [0.2, 0.25) is 0 Å². The second-order valence-corrected chi connectivity index (χ2v) is 5.75. The normalized spacial score (nSPS) is 11.9. The van der Waals surface area contributed by atoms with Crippen molar-refractivity contribution in [3.8, 4) is 5.69 Å². The highest BCUT2D eigenvalue weighted by Gasteiger charge is 2.22. The molecule has 3 rings (SSSR count). The van der Waals surface area contributed by atoms with Crippen LogP contribution in [-0.4, -0.2) is 31.3 Å². The van der Waals surface area contributed by atoms with Crippen LogP contribution in [0.4, 0.5) is 0 Å². The molecule has 2 heterocycles. The summed E-state index contributed by atoms with van der Waals surface area (Å²) >= 11 is 0. The van der Waals surface area contributed by atoms with Crippen LogP contribution in [-0.2, 0) is 7.05 Å². The Bertz CT molecular complexity index is 895. The topological polar surface area (TPSA) is 89.2 Å². The van der Waals surface area contributed by atoms with E-state index in [2.05, 4.69) is 10.4 Å². The van der Waals surface area contributed by atoms with Gasteiger partial charge in [-0.25, -0.2) is 4.79 Å². The fourth-order valence-electron chi connectivity index (χ4n) is 2.60. The van der Waals surface area contributed by atoms with E-state index < -0.39 is 11.9 Å². The van der Waals surface area contributed by atoms with E-state index in [4.69, 9.17) is 5.11 Å². The van der Waals surface area contributed by atoms with Gasteiger partial charge in [0, 0.05) is 31.3 Å². The van der Waals surface area contributed by atoms with Crippen LogP contribution >= 0.6 is 0 Å². The Hall–Kier alpha value is -3.35. The van der Waals surface area contributed by atoms with Crippen LogP contribution in [0.1, 0.15) is 39.4 Å². The van der Waals surface area contributed by atoms with Crippen molar-refractivity contribution in [3.63, 3.8) is 0 Å². The van der Waals surface area contributed by atoms with Crippen LogP contribution in [0, 0.1) is 0 Å². The molecular formula is C18H18N4O3. The van der Waals surface area contributed by atoms with Crippen LogP contribution in [0.15, 0.2) is 55.0 Å². The van der Waals surface area contributed by atoms with Crippen molar-refractivity contribution in [3.05, 3.63) is 71.8 Å². The molecule has 0 fully saturated rings. The molecule has 0 aliphatic heterocycles. The first kappa shape index (κ1) is 16.5. The highest BCUT2D eigenvalue weighted by Crippen LogP contribution is 2.17. The minimum Gasteiger partial charge on any atom is -0.478 e. The zero-order chi connectivity index (χ0) is 18.0. The Morgan fingerprint density at radius 3 is 2.40 bits per heavy atom. The van der Waals surface area contributed by atoms with Gasteiger partial charge < -0.3 is 15.0 Å². The Labute approximate surface area is 144 Å². The monoisotopic (exact) mass is 338 g/mol. The van der Waals surface area contributed by atoms with Gasteiger partial charge in [0.1, 0.15) is 5.56 Å². The van der Waals surface area contributed by atoms with E-state index >= 15 is 0 Å². The summed E-state index contributed by atoms with van der Waals surface area (Å²) in [6.07, 6.45) is 5.22. The standard InChI is InChI=1S/C18H18N4O3/c1-12(13-5-7-14(8-6-13)22-9-3-4-10-22)19-17(23)16-15(18(24)25)11-21(2)20-16/h3-12H,1-2H3,(H,19,23)(H,24,25). The second-order valence-electron chi connectivity index (χ2n) is 5.75. The average molecular weight is 338 g/mol. The van der Waals surface area contributed by atoms with Crippen molar-refractivity contribution in [2.75, 3.05) is 0 Å². The van der Waals surface area contributed by atoms with Crippen LogP contribution < -0.4 is 5.32 Å². The molecule has 1 unspecified atom stereocenters. The molecule has 3 aromatic rings. The first-order chi connectivity index (χ1) is 12.0. The summed E-state index contributed by atoms with van der Waals surface area (Å²) in [7, 11) is 1.58. The van der Waals surface area contributed by atoms with Crippen LogP contribution in [0.3, 0.4) is 0 Å². The number of hydrogen-bond donors (Lipinski definition) is 2. The maximum absolute atomic E-state index is 12.4. The van der Waals surface area contributed by atoms with Crippen LogP contribution in [0.25, 0.3) is 5.69 Å². The predicted octanol–water partition coefficient (Wildman–Crippen LogP) is 2.40. The number of aromatic carboxylic acids is 1. The molecule has 0 aliphatic carbocycles. The molecule has 0 saturated carbocycles. The van der Waals surface area contributed by atoms with Crippen molar-refractivity contribution in [2.24, 2.45) is 7.05 Å². The molecule has 7 heteroatoms. The molecule has 0 radical (unpaired) electrons. The number of carbonyl (C=O) groups excluding carboxylic acids is 1. The molecule has 0 bridgehead atoms. The molecule has 2 N–H and O–H groups in total. The number of benzene rings is 1. The smallest absolute Gasteiger partial charge is 0.339 e. The van der Waals surface area contributed by atoms with Crippen LogP contribution in [0.5, 0.6) is 0 Å². The minimum atomic E-state index is -1.18. The van der Waals surface area contributed by atoms with Crippen molar-refractivity contribution < 1.29 is 14.7 Å². The second kappa shape index (κ2) is 6.64. The highest BCUT2D eigenvalue weighted by molar-refractivity contribution is 6.03. The molecule has 1 atom stereocenters. The molecular weight excluding hydrogens is 320 g/mol.